The molecule has 2 aliphatic heterocycles. The summed E-state index contributed by atoms with van der Waals surface area (Å²) in [5.74, 6) is 0.0356. The molecule has 0 spiro atoms. The zero-order chi connectivity index (χ0) is 25.1. The van der Waals surface area contributed by atoms with Crippen molar-refractivity contribution in [3.05, 3.63) is 101 Å². The molecule has 0 bridgehead atoms. The summed E-state index contributed by atoms with van der Waals surface area (Å²) in [6.07, 6.45) is 4.22. The van der Waals surface area contributed by atoms with Gasteiger partial charge >= 0.3 is 0 Å². The van der Waals surface area contributed by atoms with Crippen LogP contribution >= 0.6 is 0 Å². The van der Waals surface area contributed by atoms with Crippen molar-refractivity contribution in [1.29, 1.82) is 0 Å². The van der Waals surface area contributed by atoms with Gasteiger partial charge in [-0.3, -0.25) is 9.69 Å². The highest BCUT2D eigenvalue weighted by atomic mass is 32.2. The van der Waals surface area contributed by atoms with Crippen molar-refractivity contribution >= 4 is 15.8 Å². The second kappa shape index (κ2) is 10.7. The number of hydrogen-bond donors (Lipinski definition) is 0. The van der Waals surface area contributed by atoms with Crippen molar-refractivity contribution in [2.24, 2.45) is 0 Å². The predicted octanol–water partition coefficient (Wildman–Crippen LogP) is 5.23. The van der Waals surface area contributed by atoms with Crippen LogP contribution in [0, 0.1) is 0 Å². The summed E-state index contributed by atoms with van der Waals surface area (Å²) in [7, 11) is -3.45. The first-order valence-corrected chi connectivity index (χ1v) is 14.4. The highest BCUT2D eigenvalue weighted by molar-refractivity contribution is 7.89. The van der Waals surface area contributed by atoms with Gasteiger partial charge in [0.1, 0.15) is 0 Å². The lowest BCUT2D eigenvalue weighted by Gasteiger charge is -2.35. The summed E-state index contributed by atoms with van der Waals surface area (Å²) in [6, 6.07) is 23.9. The zero-order valence-corrected chi connectivity index (χ0v) is 21.7. The molecule has 0 aliphatic carbocycles. The van der Waals surface area contributed by atoms with Gasteiger partial charge in [0.05, 0.1) is 4.90 Å². The summed E-state index contributed by atoms with van der Waals surface area (Å²) in [4.78, 5) is 15.7. The highest BCUT2D eigenvalue weighted by Crippen LogP contribution is 2.25. The monoisotopic (exact) mass is 502 g/mol. The first-order valence-electron chi connectivity index (χ1n) is 12.9. The molecule has 3 aromatic carbocycles. The first kappa shape index (κ1) is 24.9. The molecule has 5 rings (SSSR count). The minimum Gasteiger partial charge on any atom is -0.294 e. The summed E-state index contributed by atoms with van der Waals surface area (Å²) in [5, 5.41) is 0. The third-order valence-electron chi connectivity index (χ3n) is 7.53. The number of nitrogens with zero attached hydrogens (tertiary/aromatic N) is 2. The van der Waals surface area contributed by atoms with Crippen LogP contribution in [0.15, 0.2) is 77.7 Å². The van der Waals surface area contributed by atoms with Crippen LogP contribution in [-0.2, 0) is 36.0 Å². The molecule has 1 atom stereocenters. The Hall–Kier alpha value is -2.80. The lowest BCUT2D eigenvalue weighted by molar-refractivity contribution is 0.0993. The van der Waals surface area contributed by atoms with Crippen LogP contribution in [0.5, 0.6) is 0 Å². The van der Waals surface area contributed by atoms with Crippen LogP contribution in [0.25, 0.3) is 0 Å². The van der Waals surface area contributed by atoms with E-state index in [0.717, 1.165) is 44.3 Å². The highest BCUT2D eigenvalue weighted by Gasteiger charge is 2.26. The Morgan fingerprint density at radius 2 is 1.47 bits per heavy atom. The lowest BCUT2D eigenvalue weighted by atomic mass is 9.94. The molecule has 0 saturated carbocycles. The van der Waals surface area contributed by atoms with Gasteiger partial charge in [0.15, 0.2) is 5.78 Å². The van der Waals surface area contributed by atoms with E-state index < -0.39 is 10.0 Å². The number of fused-ring (bicyclic) bond motifs is 1. The molecule has 1 unspecified atom stereocenters. The predicted molar refractivity (Wildman–Crippen MR) is 142 cm³/mol. The Labute approximate surface area is 214 Å². The number of piperidine rings is 1. The molecule has 2 aliphatic rings. The van der Waals surface area contributed by atoms with E-state index >= 15 is 0 Å². The van der Waals surface area contributed by atoms with Crippen molar-refractivity contribution < 1.29 is 13.2 Å². The maximum absolute atomic E-state index is 12.9. The van der Waals surface area contributed by atoms with Gasteiger partial charge < -0.3 is 0 Å². The third kappa shape index (κ3) is 5.46. The smallest absolute Gasteiger partial charge is 0.243 e. The van der Waals surface area contributed by atoms with Gasteiger partial charge in [-0.15, -0.1) is 0 Å². The molecule has 188 valence electrons. The van der Waals surface area contributed by atoms with Crippen LogP contribution in [0.1, 0.15) is 58.8 Å². The minimum absolute atomic E-state index is 0.0356. The van der Waals surface area contributed by atoms with Gasteiger partial charge in [-0.1, -0.05) is 67.1 Å². The van der Waals surface area contributed by atoms with Crippen molar-refractivity contribution in [1.82, 2.24) is 9.21 Å². The summed E-state index contributed by atoms with van der Waals surface area (Å²) < 4.78 is 27.3. The van der Waals surface area contributed by atoms with Gasteiger partial charge in [-0.05, 0) is 60.6 Å². The van der Waals surface area contributed by atoms with E-state index in [0.29, 0.717) is 29.6 Å². The number of carbonyl (C=O) groups excluding carboxylic acids is 1. The summed E-state index contributed by atoms with van der Waals surface area (Å²) in [5.41, 5.74) is 5.55. The number of Topliss-reactive ketones (excluding diaryl/α,β-unsaturated/α-hetero) is 1. The largest absolute Gasteiger partial charge is 0.294 e. The molecule has 1 fully saturated rings. The second-order valence-electron chi connectivity index (χ2n) is 10.1. The normalized spacial score (nSPS) is 19.1. The fourth-order valence-electron chi connectivity index (χ4n) is 5.30. The number of carbonyl (C=O) groups is 1. The van der Waals surface area contributed by atoms with Crippen LogP contribution in [0.2, 0.25) is 0 Å². The van der Waals surface area contributed by atoms with Crippen LogP contribution in [0.3, 0.4) is 0 Å². The van der Waals surface area contributed by atoms with E-state index in [1.165, 1.54) is 16.7 Å². The van der Waals surface area contributed by atoms with Gasteiger partial charge in [-0.25, -0.2) is 8.42 Å². The number of rotatable bonds is 7. The van der Waals surface area contributed by atoms with E-state index in [1.807, 2.05) is 12.1 Å². The summed E-state index contributed by atoms with van der Waals surface area (Å²) in [6.45, 7) is 5.25. The lowest BCUT2D eigenvalue weighted by Crippen LogP contribution is -2.37. The van der Waals surface area contributed by atoms with Gasteiger partial charge in [0.25, 0.3) is 0 Å². The van der Waals surface area contributed by atoms with E-state index in [2.05, 4.69) is 48.2 Å². The Kier molecular flexibility index (Phi) is 7.37. The van der Waals surface area contributed by atoms with Gasteiger partial charge in [0.2, 0.25) is 10.0 Å². The van der Waals surface area contributed by atoms with Crippen molar-refractivity contribution in [3.8, 4) is 0 Å². The number of sulfonamides is 1. The van der Waals surface area contributed by atoms with Crippen molar-refractivity contribution in [2.45, 2.75) is 63.1 Å². The van der Waals surface area contributed by atoms with Gasteiger partial charge in [0, 0.05) is 44.2 Å². The molecule has 0 amide bonds. The molecule has 5 nitrogen and oxygen atoms in total. The zero-order valence-electron chi connectivity index (χ0n) is 20.9. The molecule has 3 aromatic rings. The van der Waals surface area contributed by atoms with Crippen LogP contribution in [0.4, 0.5) is 0 Å². The Balaban J connectivity index is 1.20. The van der Waals surface area contributed by atoms with E-state index in [9.17, 15) is 13.2 Å². The second-order valence-corrected chi connectivity index (χ2v) is 12.1. The maximum atomic E-state index is 12.9. The number of ketones is 1. The Bertz CT molecular complexity index is 1310. The molecular weight excluding hydrogens is 468 g/mol. The first-order chi connectivity index (χ1) is 17.4. The fourth-order valence-corrected chi connectivity index (χ4v) is 6.81. The molecule has 0 radical (unpaired) electrons. The third-order valence-corrected chi connectivity index (χ3v) is 9.45. The summed E-state index contributed by atoms with van der Waals surface area (Å²) >= 11 is 0. The van der Waals surface area contributed by atoms with Crippen LogP contribution < -0.4 is 0 Å². The molecule has 0 N–H and O–H groups in total. The van der Waals surface area contributed by atoms with Crippen molar-refractivity contribution in [3.63, 3.8) is 0 Å². The van der Waals surface area contributed by atoms with E-state index in [1.54, 1.807) is 28.6 Å². The Morgan fingerprint density at radius 3 is 2.17 bits per heavy atom. The number of benzene rings is 3. The molecule has 6 heteroatoms. The maximum Gasteiger partial charge on any atom is 0.243 e. The average Bonchev–Trinajstić information content (AvgIpc) is 2.90. The molecule has 2 heterocycles. The standard InChI is InChI=1S/C30H34N2O3S/c1-23-19-27-7-3-4-8-28(27)22-31(23)21-25-9-13-26(14-10-25)30(33)20-24-11-15-29(16-12-24)36(34,35)32-17-5-2-6-18-32/h3-4,7-16,23H,2,5-6,17-22H2,1H3. The molecule has 1 saturated heterocycles. The van der Waals surface area contributed by atoms with Crippen LogP contribution in [-0.4, -0.2) is 42.5 Å². The molecular formula is C30H34N2O3S. The quantitative estimate of drug-likeness (QED) is 0.415. The van der Waals surface area contributed by atoms with E-state index in [4.69, 9.17) is 0 Å². The SMILES string of the molecule is CC1Cc2ccccc2CN1Cc1ccc(C(=O)Cc2ccc(S(=O)(=O)N3CCCCC3)cc2)cc1. The molecule has 36 heavy (non-hydrogen) atoms. The minimum atomic E-state index is -3.45. The topological polar surface area (TPSA) is 57.7 Å². The van der Waals surface area contributed by atoms with Crippen molar-refractivity contribution in [2.75, 3.05) is 13.1 Å². The number of hydrogen-bond acceptors (Lipinski definition) is 4. The molecule has 0 aromatic heterocycles. The average molecular weight is 503 g/mol. The van der Waals surface area contributed by atoms with Gasteiger partial charge in [-0.2, -0.15) is 4.31 Å². The Morgan fingerprint density at radius 1 is 0.833 bits per heavy atom. The fraction of sp³-hybridized carbons (Fsp3) is 0.367. The van der Waals surface area contributed by atoms with E-state index in [-0.39, 0.29) is 12.2 Å².